The van der Waals surface area contributed by atoms with Gasteiger partial charge < -0.3 is 14.2 Å². The number of carbonyl (C=O) groups is 3. The van der Waals surface area contributed by atoms with E-state index in [1.807, 2.05) is 0 Å². The van der Waals surface area contributed by atoms with Crippen molar-refractivity contribution in [1.29, 1.82) is 0 Å². The molecule has 0 bridgehead atoms. The molecule has 67 heavy (non-hydrogen) atoms. The van der Waals surface area contributed by atoms with Crippen molar-refractivity contribution in [3.63, 3.8) is 0 Å². The van der Waals surface area contributed by atoms with Crippen molar-refractivity contribution in [2.24, 2.45) is 11.8 Å². The van der Waals surface area contributed by atoms with E-state index in [2.05, 4.69) is 34.6 Å². The van der Waals surface area contributed by atoms with Crippen LogP contribution in [0.15, 0.2) is 0 Å². The second-order valence-corrected chi connectivity index (χ2v) is 21.5. The zero-order valence-corrected chi connectivity index (χ0v) is 46.0. The predicted octanol–water partition coefficient (Wildman–Crippen LogP) is 20.0. The first-order chi connectivity index (χ1) is 32.8. The van der Waals surface area contributed by atoms with Gasteiger partial charge in [0.25, 0.3) is 0 Å². The SMILES string of the molecule is CCCCCCCCCCCC(=O)OC[C@H](COC(=O)CCCCCCCCCCCCCCCCC(C)CC)OC(=O)CCCCCCCCCCCCCCCCCCCCC(C)CC. The van der Waals surface area contributed by atoms with Gasteiger partial charge in [-0.05, 0) is 31.1 Å². The second kappa shape index (κ2) is 53.8. The summed E-state index contributed by atoms with van der Waals surface area (Å²) in [6.07, 6.45) is 58.1. The third-order valence-electron chi connectivity index (χ3n) is 14.7. The maximum absolute atomic E-state index is 12.9. The van der Waals surface area contributed by atoms with Crippen LogP contribution in [0.1, 0.15) is 343 Å². The summed E-state index contributed by atoms with van der Waals surface area (Å²) in [6, 6.07) is 0. The van der Waals surface area contributed by atoms with E-state index in [-0.39, 0.29) is 31.1 Å². The van der Waals surface area contributed by atoms with E-state index in [9.17, 15) is 14.4 Å². The summed E-state index contributed by atoms with van der Waals surface area (Å²) in [5.74, 6) is 0.965. The largest absolute Gasteiger partial charge is 0.462 e. The minimum absolute atomic E-state index is 0.0625. The van der Waals surface area contributed by atoms with Crippen LogP contribution in [0.4, 0.5) is 0 Å². The van der Waals surface area contributed by atoms with E-state index < -0.39 is 6.10 Å². The predicted molar refractivity (Wildman–Crippen MR) is 289 cm³/mol. The van der Waals surface area contributed by atoms with Gasteiger partial charge in [0, 0.05) is 19.3 Å². The van der Waals surface area contributed by atoms with Crippen LogP contribution in [-0.4, -0.2) is 37.2 Å². The maximum atomic E-state index is 12.9. The first kappa shape index (κ1) is 65.4. The quantitative estimate of drug-likeness (QED) is 0.0343. The standard InChI is InChI=1S/C61H118O6/c1-6-9-10-11-12-29-36-41-46-51-59(62)65-54-58(55-66-60(63)52-47-42-37-32-27-23-20-19-22-26-31-35-40-45-50-57(5)8-3)67-61(64)53-48-43-38-33-28-24-18-16-14-13-15-17-21-25-30-34-39-44-49-56(4)7-2/h56-58H,6-55H2,1-5H3/t56?,57?,58-/m1/s1. The van der Waals surface area contributed by atoms with Crippen molar-refractivity contribution >= 4 is 17.9 Å². The highest BCUT2D eigenvalue weighted by Crippen LogP contribution is 2.19. The van der Waals surface area contributed by atoms with Gasteiger partial charge in [0.15, 0.2) is 6.10 Å². The van der Waals surface area contributed by atoms with Crippen molar-refractivity contribution in [2.75, 3.05) is 13.2 Å². The van der Waals surface area contributed by atoms with E-state index in [4.69, 9.17) is 14.2 Å². The minimum atomic E-state index is -0.762. The molecule has 0 aliphatic heterocycles. The van der Waals surface area contributed by atoms with Crippen molar-refractivity contribution < 1.29 is 28.6 Å². The molecule has 0 aliphatic carbocycles. The molecule has 0 aromatic rings. The van der Waals surface area contributed by atoms with Crippen LogP contribution < -0.4 is 0 Å². The van der Waals surface area contributed by atoms with Crippen LogP contribution in [0, 0.1) is 11.8 Å². The fourth-order valence-electron chi connectivity index (χ4n) is 9.34. The molecular formula is C61H118O6. The Morgan fingerprint density at radius 1 is 0.299 bits per heavy atom. The molecule has 398 valence electrons. The van der Waals surface area contributed by atoms with E-state index >= 15 is 0 Å². The molecular weight excluding hydrogens is 829 g/mol. The van der Waals surface area contributed by atoms with Crippen molar-refractivity contribution in [3.8, 4) is 0 Å². The minimum Gasteiger partial charge on any atom is -0.462 e. The van der Waals surface area contributed by atoms with E-state index in [0.717, 1.165) is 69.6 Å². The Hall–Kier alpha value is -1.59. The lowest BCUT2D eigenvalue weighted by molar-refractivity contribution is -0.167. The molecule has 0 spiro atoms. The van der Waals surface area contributed by atoms with Gasteiger partial charge in [-0.15, -0.1) is 0 Å². The van der Waals surface area contributed by atoms with Crippen molar-refractivity contribution in [1.82, 2.24) is 0 Å². The fraction of sp³-hybridized carbons (Fsp3) is 0.951. The third kappa shape index (κ3) is 52.1. The van der Waals surface area contributed by atoms with Crippen LogP contribution in [-0.2, 0) is 28.6 Å². The van der Waals surface area contributed by atoms with Crippen molar-refractivity contribution in [2.45, 2.75) is 349 Å². The number of ether oxygens (including phenoxy) is 3. The first-order valence-electron chi connectivity index (χ1n) is 30.3. The highest BCUT2D eigenvalue weighted by Gasteiger charge is 2.19. The molecule has 6 nitrogen and oxygen atoms in total. The summed E-state index contributed by atoms with van der Waals surface area (Å²) in [6.45, 7) is 11.5. The van der Waals surface area contributed by atoms with Gasteiger partial charge in [-0.3, -0.25) is 14.4 Å². The molecule has 6 heteroatoms. The summed E-state index contributed by atoms with van der Waals surface area (Å²) < 4.78 is 16.9. The zero-order chi connectivity index (χ0) is 48.9. The highest BCUT2D eigenvalue weighted by atomic mass is 16.6. The number of carbonyl (C=O) groups excluding carboxylic acids is 3. The lowest BCUT2D eigenvalue weighted by atomic mass is 9.99. The van der Waals surface area contributed by atoms with Crippen LogP contribution >= 0.6 is 0 Å². The fourth-order valence-corrected chi connectivity index (χ4v) is 9.34. The Morgan fingerprint density at radius 2 is 0.522 bits per heavy atom. The summed E-state index contributed by atoms with van der Waals surface area (Å²) in [4.78, 5) is 38.1. The van der Waals surface area contributed by atoms with Crippen LogP contribution in [0.3, 0.4) is 0 Å². The lowest BCUT2D eigenvalue weighted by Gasteiger charge is -2.18. The van der Waals surface area contributed by atoms with E-state index in [1.165, 1.54) is 231 Å². The molecule has 0 radical (unpaired) electrons. The number of rotatable bonds is 55. The molecule has 0 aromatic carbocycles. The average molecular weight is 948 g/mol. The topological polar surface area (TPSA) is 78.9 Å². The maximum Gasteiger partial charge on any atom is 0.306 e. The van der Waals surface area contributed by atoms with Crippen LogP contribution in [0.25, 0.3) is 0 Å². The first-order valence-corrected chi connectivity index (χ1v) is 30.3. The molecule has 0 amide bonds. The van der Waals surface area contributed by atoms with Crippen LogP contribution in [0.2, 0.25) is 0 Å². The normalized spacial score (nSPS) is 12.9. The Kier molecular flexibility index (Phi) is 52.5. The second-order valence-electron chi connectivity index (χ2n) is 21.5. The van der Waals surface area contributed by atoms with Crippen LogP contribution in [0.5, 0.6) is 0 Å². The molecule has 3 atom stereocenters. The molecule has 0 fully saturated rings. The van der Waals surface area contributed by atoms with Gasteiger partial charge in [0.1, 0.15) is 13.2 Å². The number of hydrogen-bond donors (Lipinski definition) is 0. The Morgan fingerprint density at radius 3 is 0.776 bits per heavy atom. The third-order valence-corrected chi connectivity index (χ3v) is 14.7. The number of unbranched alkanes of at least 4 members (excludes halogenated alkanes) is 38. The summed E-state index contributed by atoms with van der Waals surface area (Å²) >= 11 is 0. The monoisotopic (exact) mass is 947 g/mol. The summed E-state index contributed by atoms with van der Waals surface area (Å²) in [5, 5.41) is 0. The smallest absolute Gasteiger partial charge is 0.306 e. The van der Waals surface area contributed by atoms with Gasteiger partial charge in [0.05, 0.1) is 0 Å². The van der Waals surface area contributed by atoms with E-state index in [0.29, 0.717) is 19.3 Å². The van der Waals surface area contributed by atoms with E-state index in [1.54, 1.807) is 0 Å². The van der Waals surface area contributed by atoms with Gasteiger partial charge in [-0.25, -0.2) is 0 Å². The van der Waals surface area contributed by atoms with Gasteiger partial charge >= 0.3 is 17.9 Å². The molecule has 0 aliphatic rings. The van der Waals surface area contributed by atoms with Gasteiger partial charge in [-0.1, -0.05) is 304 Å². The Labute approximate surface area is 418 Å². The number of esters is 3. The average Bonchev–Trinajstić information content (AvgIpc) is 3.33. The highest BCUT2D eigenvalue weighted by molar-refractivity contribution is 5.71. The molecule has 0 rings (SSSR count). The molecule has 0 saturated heterocycles. The Bertz CT molecular complexity index is 1030. The number of hydrogen-bond acceptors (Lipinski definition) is 6. The lowest BCUT2D eigenvalue weighted by Crippen LogP contribution is -2.30. The van der Waals surface area contributed by atoms with Crippen molar-refractivity contribution in [3.05, 3.63) is 0 Å². The summed E-state index contributed by atoms with van der Waals surface area (Å²) in [7, 11) is 0. The zero-order valence-electron chi connectivity index (χ0n) is 46.0. The molecule has 0 aromatic heterocycles. The van der Waals surface area contributed by atoms with Gasteiger partial charge in [0.2, 0.25) is 0 Å². The molecule has 0 saturated carbocycles. The summed E-state index contributed by atoms with van der Waals surface area (Å²) in [5.41, 5.74) is 0. The Balaban J connectivity index is 4.18. The van der Waals surface area contributed by atoms with Gasteiger partial charge in [-0.2, -0.15) is 0 Å². The molecule has 0 heterocycles. The molecule has 0 N–H and O–H groups in total. The molecule has 2 unspecified atom stereocenters.